The highest BCUT2D eigenvalue weighted by atomic mass is 16.5. The van der Waals surface area contributed by atoms with Gasteiger partial charge in [0.05, 0.1) is 20.3 Å². The molecule has 1 amide bonds. The van der Waals surface area contributed by atoms with Crippen LogP contribution in [0.4, 0.5) is 0 Å². The van der Waals surface area contributed by atoms with E-state index in [2.05, 4.69) is 6.07 Å². The minimum Gasteiger partial charge on any atom is -0.496 e. The van der Waals surface area contributed by atoms with Gasteiger partial charge in [-0.25, -0.2) is 0 Å². The fourth-order valence-corrected chi connectivity index (χ4v) is 3.36. The quantitative estimate of drug-likeness (QED) is 0.678. The maximum absolute atomic E-state index is 12.7. The molecular weight excluding hydrogens is 354 g/mol. The van der Waals surface area contributed by atoms with Crippen LogP contribution in [-0.2, 0) is 17.8 Å². The molecule has 5 heteroatoms. The van der Waals surface area contributed by atoms with Crippen molar-refractivity contribution in [1.29, 1.82) is 0 Å². The van der Waals surface area contributed by atoms with Gasteiger partial charge in [0.2, 0.25) is 5.91 Å². The Hall–Kier alpha value is -2.95. The molecule has 0 N–H and O–H groups in total. The predicted octanol–water partition coefficient (Wildman–Crippen LogP) is 4.09. The van der Waals surface area contributed by atoms with Crippen molar-refractivity contribution in [2.24, 2.45) is 0 Å². The molecule has 2 aromatic rings. The van der Waals surface area contributed by atoms with Crippen molar-refractivity contribution < 1.29 is 19.0 Å². The molecule has 0 fully saturated rings. The summed E-state index contributed by atoms with van der Waals surface area (Å²) in [5.41, 5.74) is 3.21. The fourth-order valence-electron chi connectivity index (χ4n) is 3.36. The monoisotopic (exact) mass is 381 g/mol. The van der Waals surface area contributed by atoms with Crippen molar-refractivity contribution in [2.45, 2.75) is 26.8 Å². The molecule has 1 aliphatic rings. The number of nitrogens with zero attached hydrogens (tertiary/aromatic N) is 1. The summed E-state index contributed by atoms with van der Waals surface area (Å²) in [5, 5.41) is 0. The summed E-state index contributed by atoms with van der Waals surface area (Å²) in [5.74, 6) is 2.25. The van der Waals surface area contributed by atoms with Crippen LogP contribution in [0.1, 0.15) is 30.5 Å². The number of hydrogen-bond acceptors (Lipinski definition) is 4. The second-order valence-electron chi connectivity index (χ2n) is 6.52. The lowest BCUT2D eigenvalue weighted by molar-refractivity contribution is -0.126. The molecule has 0 atom stereocenters. The van der Waals surface area contributed by atoms with Crippen LogP contribution in [-0.4, -0.2) is 37.7 Å². The number of hydrogen-bond donors (Lipinski definition) is 0. The SMILES string of the molecule is CCOc1cc2c(cc1OCC)CN(C(=O)/C=C/c1ccccc1OC)CC2. The van der Waals surface area contributed by atoms with Crippen LogP contribution in [0, 0.1) is 0 Å². The predicted molar refractivity (Wildman–Crippen MR) is 110 cm³/mol. The number of para-hydroxylation sites is 1. The summed E-state index contributed by atoms with van der Waals surface area (Å²) in [6.07, 6.45) is 4.22. The molecule has 3 rings (SSSR count). The third-order valence-electron chi connectivity index (χ3n) is 4.73. The Labute approximate surface area is 166 Å². The number of carbonyl (C=O) groups is 1. The first-order valence-electron chi connectivity index (χ1n) is 9.67. The molecular formula is C23H27NO4. The summed E-state index contributed by atoms with van der Waals surface area (Å²) >= 11 is 0. The van der Waals surface area contributed by atoms with Crippen LogP contribution in [0.3, 0.4) is 0 Å². The van der Waals surface area contributed by atoms with Gasteiger partial charge in [-0.1, -0.05) is 18.2 Å². The van der Waals surface area contributed by atoms with Crippen molar-refractivity contribution in [3.8, 4) is 17.2 Å². The molecule has 28 heavy (non-hydrogen) atoms. The molecule has 0 aliphatic carbocycles. The van der Waals surface area contributed by atoms with E-state index in [9.17, 15) is 4.79 Å². The highest BCUT2D eigenvalue weighted by Crippen LogP contribution is 2.34. The van der Waals surface area contributed by atoms with E-state index >= 15 is 0 Å². The van der Waals surface area contributed by atoms with Crippen molar-refractivity contribution in [3.05, 3.63) is 59.2 Å². The number of methoxy groups -OCH3 is 1. The highest BCUT2D eigenvalue weighted by molar-refractivity contribution is 5.92. The lowest BCUT2D eigenvalue weighted by Gasteiger charge is -2.29. The molecule has 0 spiro atoms. The van der Waals surface area contributed by atoms with E-state index in [-0.39, 0.29) is 5.91 Å². The van der Waals surface area contributed by atoms with Gasteiger partial charge in [-0.2, -0.15) is 0 Å². The van der Waals surface area contributed by atoms with E-state index < -0.39 is 0 Å². The van der Waals surface area contributed by atoms with Gasteiger partial charge >= 0.3 is 0 Å². The molecule has 148 valence electrons. The van der Waals surface area contributed by atoms with E-state index in [4.69, 9.17) is 14.2 Å². The van der Waals surface area contributed by atoms with E-state index in [1.54, 1.807) is 19.3 Å². The van der Waals surface area contributed by atoms with Crippen LogP contribution in [0.5, 0.6) is 17.2 Å². The Morgan fingerprint density at radius 3 is 2.39 bits per heavy atom. The van der Waals surface area contributed by atoms with Crippen molar-refractivity contribution in [1.82, 2.24) is 4.90 Å². The molecule has 1 aliphatic heterocycles. The fraction of sp³-hybridized carbons (Fsp3) is 0.348. The number of carbonyl (C=O) groups excluding carboxylic acids is 1. The van der Waals surface area contributed by atoms with Crippen LogP contribution >= 0.6 is 0 Å². The Morgan fingerprint density at radius 2 is 1.71 bits per heavy atom. The second-order valence-corrected chi connectivity index (χ2v) is 6.52. The largest absolute Gasteiger partial charge is 0.496 e. The lowest BCUT2D eigenvalue weighted by atomic mass is 9.98. The summed E-state index contributed by atoms with van der Waals surface area (Å²) in [4.78, 5) is 14.6. The first-order chi connectivity index (χ1) is 13.7. The Bertz CT molecular complexity index is 860. The smallest absolute Gasteiger partial charge is 0.246 e. The maximum Gasteiger partial charge on any atom is 0.246 e. The molecule has 0 saturated heterocycles. The van der Waals surface area contributed by atoms with E-state index in [0.717, 1.165) is 34.8 Å². The molecule has 0 aromatic heterocycles. The molecule has 1 heterocycles. The van der Waals surface area contributed by atoms with E-state index in [0.29, 0.717) is 26.3 Å². The van der Waals surface area contributed by atoms with Crippen LogP contribution in [0.2, 0.25) is 0 Å². The first-order valence-corrected chi connectivity index (χ1v) is 9.67. The van der Waals surface area contributed by atoms with Gasteiger partial charge in [-0.05, 0) is 55.7 Å². The standard InChI is InChI=1S/C23H27NO4/c1-4-27-21-14-18-12-13-24(16-19(18)15-22(21)28-5-2)23(25)11-10-17-8-6-7-9-20(17)26-3/h6-11,14-15H,4-5,12-13,16H2,1-3H3/b11-10+. The maximum atomic E-state index is 12.7. The van der Waals surface area contributed by atoms with Gasteiger partial charge < -0.3 is 19.1 Å². The van der Waals surface area contributed by atoms with Crippen LogP contribution < -0.4 is 14.2 Å². The molecule has 0 saturated carbocycles. The number of benzene rings is 2. The number of fused-ring (bicyclic) bond motifs is 1. The summed E-state index contributed by atoms with van der Waals surface area (Å²) in [7, 11) is 1.63. The lowest BCUT2D eigenvalue weighted by Crippen LogP contribution is -2.34. The Balaban J connectivity index is 1.76. The van der Waals surface area contributed by atoms with Gasteiger partial charge in [0.1, 0.15) is 5.75 Å². The van der Waals surface area contributed by atoms with Gasteiger partial charge in [0.15, 0.2) is 11.5 Å². The molecule has 5 nitrogen and oxygen atoms in total. The number of amides is 1. The zero-order valence-electron chi connectivity index (χ0n) is 16.7. The average Bonchev–Trinajstić information content (AvgIpc) is 2.72. The topological polar surface area (TPSA) is 48.0 Å². The zero-order valence-corrected chi connectivity index (χ0v) is 16.7. The first kappa shape index (κ1) is 19.8. The number of rotatable bonds is 7. The third-order valence-corrected chi connectivity index (χ3v) is 4.73. The Kier molecular flexibility index (Phi) is 6.58. The molecule has 2 aromatic carbocycles. The summed E-state index contributed by atoms with van der Waals surface area (Å²) < 4.78 is 16.8. The minimum atomic E-state index is -0.0107. The van der Waals surface area contributed by atoms with Crippen molar-refractivity contribution in [3.63, 3.8) is 0 Å². The summed E-state index contributed by atoms with van der Waals surface area (Å²) in [6.45, 7) is 6.33. The van der Waals surface area contributed by atoms with Crippen LogP contribution in [0.25, 0.3) is 6.08 Å². The zero-order chi connectivity index (χ0) is 19.9. The van der Waals surface area contributed by atoms with E-state index in [1.807, 2.05) is 49.1 Å². The van der Waals surface area contributed by atoms with Gasteiger partial charge in [0, 0.05) is 24.7 Å². The van der Waals surface area contributed by atoms with Gasteiger partial charge in [-0.15, -0.1) is 0 Å². The second kappa shape index (κ2) is 9.31. The summed E-state index contributed by atoms with van der Waals surface area (Å²) in [6, 6.07) is 11.7. The molecule has 0 radical (unpaired) electrons. The third kappa shape index (κ3) is 4.47. The highest BCUT2D eigenvalue weighted by Gasteiger charge is 2.22. The minimum absolute atomic E-state index is 0.0107. The van der Waals surface area contributed by atoms with E-state index in [1.165, 1.54) is 5.56 Å². The van der Waals surface area contributed by atoms with Gasteiger partial charge in [-0.3, -0.25) is 4.79 Å². The van der Waals surface area contributed by atoms with Crippen molar-refractivity contribution in [2.75, 3.05) is 26.9 Å². The number of ether oxygens (including phenoxy) is 3. The van der Waals surface area contributed by atoms with Crippen molar-refractivity contribution >= 4 is 12.0 Å². The van der Waals surface area contributed by atoms with Gasteiger partial charge in [0.25, 0.3) is 0 Å². The van der Waals surface area contributed by atoms with Crippen LogP contribution in [0.15, 0.2) is 42.5 Å². The molecule has 0 unspecified atom stereocenters. The normalized spacial score (nSPS) is 13.3. The Morgan fingerprint density at radius 1 is 1.04 bits per heavy atom. The molecule has 0 bridgehead atoms. The average molecular weight is 381 g/mol.